The number of thioether (sulfide) groups is 1. The van der Waals surface area contributed by atoms with E-state index in [0.717, 1.165) is 16.7 Å². The Hall–Kier alpha value is -3.56. The van der Waals surface area contributed by atoms with E-state index in [0.29, 0.717) is 32.9 Å². The first kappa shape index (κ1) is 23.6. The van der Waals surface area contributed by atoms with Gasteiger partial charge in [-0.25, -0.2) is 4.90 Å². The number of rotatable bonds is 7. The second-order valence-corrected chi connectivity index (χ2v) is 8.93. The molecule has 0 unspecified atom stereocenters. The summed E-state index contributed by atoms with van der Waals surface area (Å²) in [5, 5.41) is 2.38. The van der Waals surface area contributed by atoms with E-state index in [2.05, 4.69) is 21.2 Å². The van der Waals surface area contributed by atoms with Crippen LogP contribution in [0.4, 0.5) is 16.2 Å². The Kier molecular flexibility index (Phi) is 7.34. The van der Waals surface area contributed by atoms with Crippen molar-refractivity contribution in [2.75, 3.05) is 23.9 Å². The number of nitrogens with zero attached hydrogens (tertiary/aromatic N) is 1. The molecule has 1 N–H and O–H groups in total. The van der Waals surface area contributed by atoms with E-state index in [1.54, 1.807) is 54.6 Å². The van der Waals surface area contributed by atoms with Crippen molar-refractivity contribution in [1.82, 2.24) is 0 Å². The summed E-state index contributed by atoms with van der Waals surface area (Å²) in [5.41, 5.74) is 1.81. The Morgan fingerprint density at radius 1 is 1.03 bits per heavy atom. The average molecular weight is 539 g/mol. The molecule has 0 aliphatic carbocycles. The summed E-state index contributed by atoms with van der Waals surface area (Å²) in [4.78, 5) is 39.0. The van der Waals surface area contributed by atoms with Crippen LogP contribution in [0.25, 0.3) is 6.08 Å². The molecular weight excluding hydrogens is 520 g/mol. The minimum atomic E-state index is -0.398. The highest BCUT2D eigenvalue weighted by molar-refractivity contribution is 9.10. The lowest BCUT2D eigenvalue weighted by molar-refractivity contribution is -0.118. The van der Waals surface area contributed by atoms with Gasteiger partial charge >= 0.3 is 0 Å². The van der Waals surface area contributed by atoms with Crippen molar-refractivity contribution in [3.8, 4) is 11.5 Å². The molecule has 9 heteroatoms. The van der Waals surface area contributed by atoms with Crippen molar-refractivity contribution in [3.63, 3.8) is 0 Å². The molecule has 172 valence electrons. The molecular formula is C25H19BrN2O5S. The quantitative estimate of drug-likeness (QED) is 0.387. The first-order valence-electron chi connectivity index (χ1n) is 10.1. The van der Waals surface area contributed by atoms with E-state index in [9.17, 15) is 14.4 Å². The molecule has 3 aromatic rings. The Balaban J connectivity index is 1.50. The fraction of sp³-hybridized carbons (Fsp3) is 0.0800. The zero-order valence-corrected chi connectivity index (χ0v) is 20.4. The topological polar surface area (TPSA) is 84.9 Å². The van der Waals surface area contributed by atoms with Gasteiger partial charge in [-0.2, -0.15) is 0 Å². The number of halogens is 1. The highest BCUT2D eigenvalue weighted by atomic mass is 79.9. The van der Waals surface area contributed by atoms with Crippen LogP contribution in [0, 0.1) is 0 Å². The molecule has 3 amide bonds. The van der Waals surface area contributed by atoms with Crippen LogP contribution in [0.3, 0.4) is 0 Å². The van der Waals surface area contributed by atoms with E-state index >= 15 is 0 Å². The third kappa shape index (κ3) is 5.32. The van der Waals surface area contributed by atoms with Crippen LogP contribution in [-0.2, 0) is 9.59 Å². The van der Waals surface area contributed by atoms with Gasteiger partial charge in [0.05, 0.1) is 17.7 Å². The minimum absolute atomic E-state index is 0.215. The molecule has 0 spiro atoms. The van der Waals surface area contributed by atoms with Gasteiger partial charge in [0.25, 0.3) is 17.1 Å². The molecule has 34 heavy (non-hydrogen) atoms. The van der Waals surface area contributed by atoms with Crippen LogP contribution in [0.15, 0.2) is 82.2 Å². The highest BCUT2D eigenvalue weighted by Crippen LogP contribution is 2.39. The Labute approximate surface area is 208 Å². The van der Waals surface area contributed by atoms with Crippen LogP contribution in [0.2, 0.25) is 0 Å². The molecule has 7 nitrogen and oxygen atoms in total. The van der Waals surface area contributed by atoms with Gasteiger partial charge in [-0.05, 0) is 59.8 Å². The number of nitrogens with one attached hydrogen (secondary N) is 1. The predicted molar refractivity (Wildman–Crippen MR) is 136 cm³/mol. The van der Waals surface area contributed by atoms with Crippen molar-refractivity contribution in [3.05, 3.63) is 87.7 Å². The first-order chi connectivity index (χ1) is 16.5. The summed E-state index contributed by atoms with van der Waals surface area (Å²) in [7, 11) is 1.48. The number of anilines is 2. The normalized spacial score (nSPS) is 14.4. The van der Waals surface area contributed by atoms with Crippen molar-refractivity contribution in [2.45, 2.75) is 0 Å². The predicted octanol–water partition coefficient (Wildman–Crippen LogP) is 5.72. The van der Waals surface area contributed by atoms with Crippen LogP contribution < -0.4 is 19.7 Å². The number of carbonyl (C=O) groups is 3. The third-order valence-electron chi connectivity index (χ3n) is 4.79. The number of ether oxygens (including phenoxy) is 2. The van der Waals surface area contributed by atoms with Gasteiger partial charge in [0, 0.05) is 10.2 Å². The molecule has 1 aliphatic rings. The van der Waals surface area contributed by atoms with Crippen molar-refractivity contribution >= 4 is 62.2 Å². The summed E-state index contributed by atoms with van der Waals surface area (Å²) in [5.74, 6) is 0.0180. The monoisotopic (exact) mass is 538 g/mol. The molecule has 1 aliphatic heterocycles. The molecule has 0 aromatic heterocycles. The SMILES string of the molecule is COc1cc(/C=C2/SC(=O)N(c3ccccc3)C2=O)c(Br)cc1OCC(=O)Nc1ccccc1. The maximum atomic E-state index is 12.9. The number of para-hydroxylation sites is 2. The number of carbonyl (C=O) groups excluding carboxylic acids is 3. The Bertz CT molecular complexity index is 1270. The number of methoxy groups -OCH3 is 1. The Morgan fingerprint density at radius 3 is 2.38 bits per heavy atom. The van der Waals surface area contributed by atoms with E-state index in [1.807, 2.05) is 24.3 Å². The van der Waals surface area contributed by atoms with Crippen LogP contribution in [0.1, 0.15) is 5.56 Å². The average Bonchev–Trinajstić information content (AvgIpc) is 3.12. The summed E-state index contributed by atoms with van der Waals surface area (Å²) in [6.07, 6.45) is 1.62. The van der Waals surface area contributed by atoms with Crippen molar-refractivity contribution in [2.24, 2.45) is 0 Å². The van der Waals surface area contributed by atoms with Gasteiger partial charge in [0.1, 0.15) is 0 Å². The number of hydrogen-bond donors (Lipinski definition) is 1. The van der Waals surface area contributed by atoms with Gasteiger partial charge in [0.15, 0.2) is 18.1 Å². The summed E-state index contributed by atoms with van der Waals surface area (Å²) in [6.45, 7) is -0.215. The van der Waals surface area contributed by atoms with E-state index in [1.165, 1.54) is 7.11 Å². The van der Waals surface area contributed by atoms with Crippen LogP contribution in [-0.4, -0.2) is 30.8 Å². The standard InChI is InChI=1S/C25H19BrN2O5S/c1-32-20-12-16(13-22-24(30)28(25(31)34-22)18-10-6-3-7-11-18)19(26)14-21(20)33-15-23(29)27-17-8-4-2-5-9-17/h2-14H,15H2,1H3,(H,27,29)/b22-13+. The Morgan fingerprint density at radius 2 is 1.71 bits per heavy atom. The molecule has 4 rings (SSSR count). The van der Waals surface area contributed by atoms with E-state index < -0.39 is 5.91 Å². The summed E-state index contributed by atoms with van der Waals surface area (Å²) < 4.78 is 11.7. The second-order valence-electron chi connectivity index (χ2n) is 7.08. The molecule has 1 saturated heterocycles. The van der Waals surface area contributed by atoms with Crippen molar-refractivity contribution in [1.29, 1.82) is 0 Å². The van der Waals surface area contributed by atoms with Crippen molar-refractivity contribution < 1.29 is 23.9 Å². The lowest BCUT2D eigenvalue weighted by Gasteiger charge is -2.13. The van der Waals surface area contributed by atoms with Crippen LogP contribution >= 0.6 is 27.7 Å². The zero-order chi connectivity index (χ0) is 24.1. The number of hydrogen-bond acceptors (Lipinski definition) is 6. The molecule has 1 heterocycles. The van der Waals surface area contributed by atoms with Crippen LogP contribution in [0.5, 0.6) is 11.5 Å². The van der Waals surface area contributed by atoms with Gasteiger partial charge in [-0.15, -0.1) is 0 Å². The zero-order valence-electron chi connectivity index (χ0n) is 18.0. The molecule has 0 saturated carbocycles. The fourth-order valence-electron chi connectivity index (χ4n) is 3.20. The number of imide groups is 1. The van der Waals surface area contributed by atoms with Gasteiger partial charge in [0.2, 0.25) is 0 Å². The minimum Gasteiger partial charge on any atom is -0.493 e. The molecule has 0 atom stereocenters. The lowest BCUT2D eigenvalue weighted by Crippen LogP contribution is -2.27. The summed E-state index contributed by atoms with van der Waals surface area (Å²) in [6, 6.07) is 21.2. The smallest absolute Gasteiger partial charge is 0.298 e. The maximum absolute atomic E-state index is 12.9. The number of amides is 3. The second kappa shape index (κ2) is 10.6. The molecule has 0 radical (unpaired) electrons. The van der Waals surface area contributed by atoms with E-state index in [-0.39, 0.29) is 22.7 Å². The molecule has 3 aromatic carbocycles. The summed E-state index contributed by atoms with van der Waals surface area (Å²) >= 11 is 4.34. The van der Waals surface area contributed by atoms with E-state index in [4.69, 9.17) is 9.47 Å². The molecule has 0 bridgehead atoms. The fourth-order valence-corrected chi connectivity index (χ4v) is 4.47. The number of benzene rings is 3. The maximum Gasteiger partial charge on any atom is 0.298 e. The third-order valence-corrected chi connectivity index (χ3v) is 6.35. The first-order valence-corrected chi connectivity index (χ1v) is 11.8. The largest absolute Gasteiger partial charge is 0.493 e. The lowest BCUT2D eigenvalue weighted by atomic mass is 10.1. The van der Waals surface area contributed by atoms with Gasteiger partial charge in [-0.3, -0.25) is 14.4 Å². The van der Waals surface area contributed by atoms with Gasteiger partial charge in [-0.1, -0.05) is 52.3 Å². The molecule has 1 fully saturated rings. The highest BCUT2D eigenvalue weighted by Gasteiger charge is 2.36. The van der Waals surface area contributed by atoms with Gasteiger partial charge < -0.3 is 14.8 Å².